The minimum Gasteiger partial charge on any atom is -0.493 e. The van der Waals surface area contributed by atoms with Crippen molar-refractivity contribution in [2.45, 2.75) is 20.3 Å². The second kappa shape index (κ2) is 5.16. The number of aryl methyl sites for hydroxylation is 2. The van der Waals surface area contributed by atoms with Gasteiger partial charge in [0.25, 0.3) is 0 Å². The van der Waals surface area contributed by atoms with Gasteiger partial charge in [-0.05, 0) is 37.1 Å². The lowest BCUT2D eigenvalue weighted by molar-refractivity contribution is -0.118. The number of hydrogen-bond acceptors (Lipinski definition) is 2. The lowest BCUT2D eigenvalue weighted by atomic mass is 10.1. The Balaban J connectivity index is 2.72. The average molecular weight is 272 g/mol. The summed E-state index contributed by atoms with van der Waals surface area (Å²) in [4.78, 5) is 10.5. The minimum absolute atomic E-state index is 0.245. The molecule has 0 unspecified atom stereocenters. The SMILES string of the molecule is Cc1cc(Br)cc(C)c1OCCC(N)=O. The van der Waals surface area contributed by atoms with Gasteiger partial charge in [0.2, 0.25) is 5.91 Å². The smallest absolute Gasteiger partial charge is 0.220 e. The average Bonchev–Trinajstić information content (AvgIpc) is 2.08. The van der Waals surface area contributed by atoms with Crippen molar-refractivity contribution in [1.29, 1.82) is 0 Å². The number of carbonyl (C=O) groups is 1. The van der Waals surface area contributed by atoms with Crippen LogP contribution in [-0.2, 0) is 4.79 Å². The molecular weight excluding hydrogens is 258 g/mol. The Labute approximate surface area is 97.7 Å². The van der Waals surface area contributed by atoms with E-state index in [0.29, 0.717) is 6.61 Å². The largest absolute Gasteiger partial charge is 0.493 e. The summed E-state index contributed by atoms with van der Waals surface area (Å²) in [6.07, 6.45) is 0.245. The van der Waals surface area contributed by atoms with E-state index in [1.54, 1.807) is 0 Å². The molecule has 0 saturated carbocycles. The van der Waals surface area contributed by atoms with E-state index in [4.69, 9.17) is 10.5 Å². The second-order valence-electron chi connectivity index (χ2n) is 3.43. The number of hydrogen-bond donors (Lipinski definition) is 1. The Morgan fingerprint density at radius 3 is 2.40 bits per heavy atom. The molecule has 0 bridgehead atoms. The van der Waals surface area contributed by atoms with Crippen LogP contribution in [-0.4, -0.2) is 12.5 Å². The maximum Gasteiger partial charge on any atom is 0.220 e. The number of primary amides is 1. The highest BCUT2D eigenvalue weighted by molar-refractivity contribution is 9.10. The zero-order valence-corrected chi connectivity index (χ0v) is 10.4. The van der Waals surface area contributed by atoms with Crippen molar-refractivity contribution < 1.29 is 9.53 Å². The first-order valence-electron chi connectivity index (χ1n) is 4.68. The highest BCUT2D eigenvalue weighted by Gasteiger charge is 2.05. The molecule has 0 aliphatic rings. The molecule has 2 N–H and O–H groups in total. The van der Waals surface area contributed by atoms with E-state index in [1.807, 2.05) is 26.0 Å². The molecule has 0 atom stereocenters. The molecular formula is C11H14BrNO2. The Morgan fingerprint density at radius 1 is 1.40 bits per heavy atom. The zero-order chi connectivity index (χ0) is 11.4. The van der Waals surface area contributed by atoms with Crippen LogP contribution in [0.25, 0.3) is 0 Å². The standard InChI is InChI=1S/C11H14BrNO2/c1-7-5-9(12)6-8(2)11(7)15-4-3-10(13)14/h5-6H,3-4H2,1-2H3,(H2,13,14). The van der Waals surface area contributed by atoms with Gasteiger partial charge in [-0.2, -0.15) is 0 Å². The monoisotopic (exact) mass is 271 g/mol. The first kappa shape index (κ1) is 12.0. The summed E-state index contributed by atoms with van der Waals surface area (Å²) < 4.78 is 6.54. The van der Waals surface area contributed by atoms with Gasteiger partial charge in [0.05, 0.1) is 13.0 Å². The second-order valence-corrected chi connectivity index (χ2v) is 4.35. The third-order valence-electron chi connectivity index (χ3n) is 2.02. The molecule has 3 nitrogen and oxygen atoms in total. The number of nitrogens with two attached hydrogens (primary N) is 1. The number of rotatable bonds is 4. The third-order valence-corrected chi connectivity index (χ3v) is 2.48. The fourth-order valence-electron chi connectivity index (χ4n) is 1.38. The first-order valence-corrected chi connectivity index (χ1v) is 5.48. The fourth-order valence-corrected chi connectivity index (χ4v) is 2.07. The molecule has 1 aromatic carbocycles. The van der Waals surface area contributed by atoms with Gasteiger partial charge in [0.1, 0.15) is 5.75 Å². The van der Waals surface area contributed by atoms with Crippen molar-refractivity contribution >= 4 is 21.8 Å². The summed E-state index contributed by atoms with van der Waals surface area (Å²) in [5.41, 5.74) is 7.13. The molecule has 0 aliphatic carbocycles. The van der Waals surface area contributed by atoms with Crippen molar-refractivity contribution in [1.82, 2.24) is 0 Å². The summed E-state index contributed by atoms with van der Waals surface area (Å²) in [7, 11) is 0. The van der Waals surface area contributed by atoms with Gasteiger partial charge in [-0.25, -0.2) is 0 Å². The van der Waals surface area contributed by atoms with E-state index < -0.39 is 0 Å². The van der Waals surface area contributed by atoms with Crippen molar-refractivity contribution in [3.8, 4) is 5.75 Å². The summed E-state index contributed by atoms with van der Waals surface area (Å²) in [5, 5.41) is 0. The summed E-state index contributed by atoms with van der Waals surface area (Å²) >= 11 is 3.41. The van der Waals surface area contributed by atoms with Crippen LogP contribution in [0.2, 0.25) is 0 Å². The fraction of sp³-hybridized carbons (Fsp3) is 0.364. The Morgan fingerprint density at radius 2 is 1.93 bits per heavy atom. The van der Waals surface area contributed by atoms with Gasteiger partial charge in [0, 0.05) is 4.47 Å². The number of amides is 1. The van der Waals surface area contributed by atoms with E-state index >= 15 is 0 Å². The highest BCUT2D eigenvalue weighted by atomic mass is 79.9. The van der Waals surface area contributed by atoms with E-state index in [0.717, 1.165) is 21.3 Å². The lowest BCUT2D eigenvalue weighted by Crippen LogP contribution is -2.15. The van der Waals surface area contributed by atoms with Gasteiger partial charge in [0.15, 0.2) is 0 Å². The number of halogens is 1. The van der Waals surface area contributed by atoms with Crippen LogP contribution in [0.5, 0.6) is 5.75 Å². The Kier molecular flexibility index (Phi) is 4.15. The predicted molar refractivity (Wildman–Crippen MR) is 62.9 cm³/mol. The molecule has 1 rings (SSSR count). The van der Waals surface area contributed by atoms with Crippen molar-refractivity contribution in [2.24, 2.45) is 5.73 Å². The number of benzene rings is 1. The maximum atomic E-state index is 10.5. The molecule has 0 radical (unpaired) electrons. The minimum atomic E-state index is -0.345. The number of ether oxygens (including phenoxy) is 1. The Hall–Kier alpha value is -1.03. The molecule has 4 heteroatoms. The van der Waals surface area contributed by atoms with Crippen LogP contribution < -0.4 is 10.5 Å². The van der Waals surface area contributed by atoms with Crippen LogP contribution >= 0.6 is 15.9 Å². The molecule has 0 heterocycles. The molecule has 0 aliphatic heterocycles. The molecule has 0 aromatic heterocycles. The zero-order valence-electron chi connectivity index (χ0n) is 8.84. The third kappa shape index (κ3) is 3.55. The Bertz CT molecular complexity index is 354. The van der Waals surface area contributed by atoms with Gasteiger partial charge in [-0.3, -0.25) is 4.79 Å². The van der Waals surface area contributed by atoms with E-state index in [2.05, 4.69) is 15.9 Å². The molecule has 0 fully saturated rings. The van der Waals surface area contributed by atoms with Gasteiger partial charge in [-0.1, -0.05) is 15.9 Å². The molecule has 0 saturated heterocycles. The summed E-state index contributed by atoms with van der Waals surface area (Å²) in [6, 6.07) is 3.96. The molecule has 1 amide bonds. The summed E-state index contributed by atoms with van der Waals surface area (Å²) in [6.45, 7) is 4.27. The van der Waals surface area contributed by atoms with Gasteiger partial charge < -0.3 is 10.5 Å². The lowest BCUT2D eigenvalue weighted by Gasteiger charge is -2.11. The number of carbonyl (C=O) groups excluding carboxylic acids is 1. The van der Waals surface area contributed by atoms with E-state index in [1.165, 1.54) is 0 Å². The van der Waals surface area contributed by atoms with E-state index in [-0.39, 0.29) is 12.3 Å². The van der Waals surface area contributed by atoms with Crippen LogP contribution in [0, 0.1) is 13.8 Å². The molecule has 15 heavy (non-hydrogen) atoms. The molecule has 0 spiro atoms. The predicted octanol–water partition coefficient (Wildman–Crippen LogP) is 2.32. The topological polar surface area (TPSA) is 52.3 Å². The van der Waals surface area contributed by atoms with Gasteiger partial charge >= 0.3 is 0 Å². The first-order chi connectivity index (χ1) is 7.00. The summed E-state index contributed by atoms with van der Waals surface area (Å²) in [5.74, 6) is 0.488. The quantitative estimate of drug-likeness (QED) is 0.914. The molecule has 82 valence electrons. The van der Waals surface area contributed by atoms with Crippen molar-refractivity contribution in [2.75, 3.05) is 6.61 Å². The van der Waals surface area contributed by atoms with Crippen molar-refractivity contribution in [3.63, 3.8) is 0 Å². The normalized spacial score (nSPS) is 10.1. The molecule has 1 aromatic rings. The van der Waals surface area contributed by atoms with Crippen LogP contribution in [0.1, 0.15) is 17.5 Å². The highest BCUT2D eigenvalue weighted by Crippen LogP contribution is 2.27. The van der Waals surface area contributed by atoms with Gasteiger partial charge in [-0.15, -0.1) is 0 Å². The van der Waals surface area contributed by atoms with Crippen LogP contribution in [0.4, 0.5) is 0 Å². The van der Waals surface area contributed by atoms with E-state index in [9.17, 15) is 4.79 Å². The van der Waals surface area contributed by atoms with Crippen LogP contribution in [0.3, 0.4) is 0 Å². The van der Waals surface area contributed by atoms with Crippen LogP contribution in [0.15, 0.2) is 16.6 Å². The maximum absolute atomic E-state index is 10.5. The van der Waals surface area contributed by atoms with Crippen molar-refractivity contribution in [3.05, 3.63) is 27.7 Å².